The summed E-state index contributed by atoms with van der Waals surface area (Å²) in [5.74, 6) is -0.329. The van der Waals surface area contributed by atoms with Crippen molar-refractivity contribution < 1.29 is 44.2 Å². The van der Waals surface area contributed by atoms with Crippen LogP contribution in [0.25, 0.3) is 0 Å². The number of aliphatic hydroxyl groups excluding tert-OH is 4. The van der Waals surface area contributed by atoms with E-state index in [0.717, 1.165) is 77.0 Å². The highest BCUT2D eigenvalue weighted by molar-refractivity contribution is 5.69. The van der Waals surface area contributed by atoms with Gasteiger partial charge in [0.1, 0.15) is 30.5 Å². The molecule has 0 aromatic heterocycles. The molecule has 0 amide bonds. The Hall–Kier alpha value is -2.37. The van der Waals surface area contributed by atoms with Crippen LogP contribution in [0.15, 0.2) is 72.9 Å². The van der Waals surface area contributed by atoms with Gasteiger partial charge in [0.2, 0.25) is 0 Å². The van der Waals surface area contributed by atoms with E-state index in [2.05, 4.69) is 86.8 Å². The van der Waals surface area contributed by atoms with Gasteiger partial charge >= 0.3 is 5.97 Å². The van der Waals surface area contributed by atoms with Gasteiger partial charge in [0.15, 0.2) is 6.29 Å². The molecule has 6 atom stereocenters. The Labute approximate surface area is 378 Å². The van der Waals surface area contributed by atoms with Gasteiger partial charge in [0, 0.05) is 13.0 Å². The second-order valence-electron chi connectivity index (χ2n) is 16.9. The summed E-state index contributed by atoms with van der Waals surface area (Å²) in [7, 11) is 0. The quantitative estimate of drug-likeness (QED) is 0.0269. The summed E-state index contributed by atoms with van der Waals surface area (Å²) in [6.07, 6.45) is 50.8. The van der Waals surface area contributed by atoms with E-state index in [1.807, 2.05) is 0 Å². The zero-order chi connectivity index (χ0) is 45.0. The Morgan fingerprint density at radius 1 is 0.532 bits per heavy atom. The SMILES string of the molecule is CC/C=C\C/C=C\C/C=C\C/C=C\CCCCCOCC(COC1OC(CO)C(O)C(O)C1O)OC(=O)CCCCCCCCCCCCC/C=C\C/C=C\CCCCCCC. The van der Waals surface area contributed by atoms with E-state index in [4.69, 9.17) is 18.9 Å². The maximum atomic E-state index is 12.8. The highest BCUT2D eigenvalue weighted by Crippen LogP contribution is 2.22. The van der Waals surface area contributed by atoms with Crippen molar-refractivity contribution in [1.82, 2.24) is 0 Å². The van der Waals surface area contributed by atoms with E-state index in [-0.39, 0.29) is 19.2 Å². The molecule has 1 aliphatic heterocycles. The largest absolute Gasteiger partial charge is 0.457 e. The molecular formula is C53H92O9. The Balaban J connectivity index is 2.23. The molecule has 0 aliphatic carbocycles. The van der Waals surface area contributed by atoms with Crippen molar-refractivity contribution >= 4 is 5.97 Å². The van der Waals surface area contributed by atoms with Crippen molar-refractivity contribution in [3.63, 3.8) is 0 Å². The van der Waals surface area contributed by atoms with Crippen LogP contribution in [0.2, 0.25) is 0 Å². The molecule has 1 saturated heterocycles. The third-order valence-electron chi connectivity index (χ3n) is 11.1. The molecule has 9 nitrogen and oxygen atoms in total. The van der Waals surface area contributed by atoms with Gasteiger partial charge in [0.05, 0.1) is 19.8 Å². The van der Waals surface area contributed by atoms with Crippen molar-refractivity contribution in [2.45, 2.75) is 230 Å². The number of carbonyl (C=O) groups is 1. The first-order valence-corrected chi connectivity index (χ1v) is 25.0. The Morgan fingerprint density at radius 3 is 1.48 bits per heavy atom. The van der Waals surface area contributed by atoms with E-state index in [1.54, 1.807) is 0 Å². The van der Waals surface area contributed by atoms with Gasteiger partial charge in [0.25, 0.3) is 0 Å². The first-order chi connectivity index (χ1) is 30.4. The predicted octanol–water partition coefficient (Wildman–Crippen LogP) is 12.0. The lowest BCUT2D eigenvalue weighted by Gasteiger charge is -2.39. The van der Waals surface area contributed by atoms with Gasteiger partial charge < -0.3 is 39.4 Å². The topological polar surface area (TPSA) is 135 Å². The summed E-state index contributed by atoms with van der Waals surface area (Å²) in [6.45, 7) is 4.36. The van der Waals surface area contributed by atoms with Crippen LogP contribution >= 0.6 is 0 Å². The fourth-order valence-corrected chi connectivity index (χ4v) is 7.22. The normalized spacial score (nSPS) is 20.4. The summed E-state index contributed by atoms with van der Waals surface area (Å²) in [5.41, 5.74) is 0. The minimum Gasteiger partial charge on any atom is -0.457 e. The van der Waals surface area contributed by atoms with Gasteiger partial charge in [-0.3, -0.25) is 4.79 Å². The summed E-state index contributed by atoms with van der Waals surface area (Å²) >= 11 is 0. The fraction of sp³-hybridized carbons (Fsp3) is 0.755. The molecule has 1 aliphatic rings. The number of hydrogen-bond acceptors (Lipinski definition) is 9. The van der Waals surface area contributed by atoms with Gasteiger partial charge in [-0.05, 0) is 83.5 Å². The maximum Gasteiger partial charge on any atom is 0.306 e. The molecule has 4 N–H and O–H groups in total. The molecule has 0 aromatic carbocycles. The number of aliphatic hydroxyl groups is 4. The van der Waals surface area contributed by atoms with E-state index in [1.165, 1.54) is 96.3 Å². The van der Waals surface area contributed by atoms with E-state index < -0.39 is 43.4 Å². The molecule has 0 saturated carbocycles. The second-order valence-corrected chi connectivity index (χ2v) is 16.9. The molecule has 9 heteroatoms. The number of ether oxygens (including phenoxy) is 4. The number of allylic oxidation sites excluding steroid dienone is 12. The third kappa shape index (κ3) is 34.1. The van der Waals surface area contributed by atoms with Crippen LogP contribution in [0.5, 0.6) is 0 Å². The van der Waals surface area contributed by atoms with Crippen LogP contribution in [-0.2, 0) is 23.7 Å². The van der Waals surface area contributed by atoms with Gasteiger partial charge in [-0.1, -0.05) is 177 Å². The van der Waals surface area contributed by atoms with E-state index >= 15 is 0 Å². The van der Waals surface area contributed by atoms with Crippen LogP contribution in [0, 0.1) is 0 Å². The smallest absolute Gasteiger partial charge is 0.306 e. The molecule has 0 radical (unpaired) electrons. The number of carbonyl (C=O) groups excluding carboxylic acids is 1. The molecular weight excluding hydrogens is 781 g/mol. The van der Waals surface area contributed by atoms with Crippen LogP contribution in [0.4, 0.5) is 0 Å². The number of rotatable bonds is 42. The predicted molar refractivity (Wildman–Crippen MR) is 256 cm³/mol. The van der Waals surface area contributed by atoms with E-state index in [0.29, 0.717) is 13.0 Å². The first-order valence-electron chi connectivity index (χ1n) is 25.0. The van der Waals surface area contributed by atoms with Gasteiger partial charge in [-0.25, -0.2) is 0 Å². The molecule has 1 fully saturated rings. The van der Waals surface area contributed by atoms with Gasteiger partial charge in [-0.15, -0.1) is 0 Å². The van der Waals surface area contributed by atoms with E-state index in [9.17, 15) is 25.2 Å². The van der Waals surface area contributed by atoms with Crippen molar-refractivity contribution in [1.29, 1.82) is 0 Å². The summed E-state index contributed by atoms with van der Waals surface area (Å²) in [5, 5.41) is 40.2. The van der Waals surface area contributed by atoms with Crippen molar-refractivity contribution in [3.05, 3.63) is 72.9 Å². The Kier molecular flexibility index (Phi) is 40.8. The zero-order valence-corrected chi connectivity index (χ0v) is 39.3. The van der Waals surface area contributed by atoms with Crippen LogP contribution < -0.4 is 0 Å². The van der Waals surface area contributed by atoms with Crippen molar-refractivity contribution in [2.24, 2.45) is 0 Å². The van der Waals surface area contributed by atoms with Crippen molar-refractivity contribution in [3.8, 4) is 0 Å². The Bertz CT molecular complexity index is 1180. The summed E-state index contributed by atoms with van der Waals surface area (Å²) < 4.78 is 22.8. The lowest BCUT2D eigenvalue weighted by molar-refractivity contribution is -0.305. The summed E-state index contributed by atoms with van der Waals surface area (Å²) in [6, 6.07) is 0. The second kappa shape index (κ2) is 43.9. The molecule has 0 spiro atoms. The van der Waals surface area contributed by atoms with Crippen LogP contribution in [0.1, 0.15) is 194 Å². The standard InChI is InChI=1S/C53H92O9/c1-3-5-7-9-11-13-15-17-19-21-22-23-24-25-26-27-28-30-32-34-36-38-40-42-49(55)61-47(46-60-53-52(58)51(57)50(56)48(44-54)62-53)45-59-43-41-39-37-35-33-31-29-20-18-16-14-12-10-8-6-4-2/h6,8,12,14-15,17-18,20-22,31,33,47-48,50-54,56-58H,3-5,7,9-11,13,16,19,23-30,32,34-46H2,1-2H3/b8-6-,14-12-,17-15-,20-18-,22-21-,33-31-. The minimum absolute atomic E-state index is 0.119. The highest BCUT2D eigenvalue weighted by Gasteiger charge is 2.44. The molecule has 358 valence electrons. The minimum atomic E-state index is -1.55. The molecule has 0 aromatic rings. The Morgan fingerprint density at radius 2 is 0.984 bits per heavy atom. The average molecular weight is 873 g/mol. The fourth-order valence-electron chi connectivity index (χ4n) is 7.22. The number of esters is 1. The lowest BCUT2D eigenvalue weighted by atomic mass is 9.99. The maximum absolute atomic E-state index is 12.8. The van der Waals surface area contributed by atoms with Gasteiger partial charge in [-0.2, -0.15) is 0 Å². The van der Waals surface area contributed by atoms with Crippen LogP contribution in [0.3, 0.4) is 0 Å². The molecule has 1 rings (SSSR count). The highest BCUT2D eigenvalue weighted by atomic mass is 16.7. The monoisotopic (exact) mass is 873 g/mol. The number of hydrogen-bond donors (Lipinski definition) is 4. The molecule has 62 heavy (non-hydrogen) atoms. The molecule has 6 unspecified atom stereocenters. The van der Waals surface area contributed by atoms with Crippen LogP contribution in [-0.4, -0.2) is 89.6 Å². The summed E-state index contributed by atoms with van der Waals surface area (Å²) in [4.78, 5) is 12.8. The zero-order valence-electron chi connectivity index (χ0n) is 39.3. The first kappa shape index (κ1) is 57.6. The molecule has 1 heterocycles. The average Bonchev–Trinajstić information content (AvgIpc) is 3.27. The lowest BCUT2D eigenvalue weighted by Crippen LogP contribution is -2.59. The number of unbranched alkanes of at least 4 members (excludes halogenated alkanes) is 19. The van der Waals surface area contributed by atoms with Crippen molar-refractivity contribution in [2.75, 3.05) is 26.4 Å². The molecule has 0 bridgehead atoms. The third-order valence-corrected chi connectivity index (χ3v) is 11.1.